The number of hydrogen-bond donors (Lipinski definition) is 2. The molecule has 1 aromatic heterocycles. The van der Waals surface area contributed by atoms with E-state index < -0.39 is 5.97 Å². The van der Waals surface area contributed by atoms with Crippen molar-refractivity contribution in [1.29, 1.82) is 0 Å². The van der Waals surface area contributed by atoms with Crippen LogP contribution in [0.15, 0.2) is 15.2 Å². The van der Waals surface area contributed by atoms with Crippen molar-refractivity contribution in [3.05, 3.63) is 20.8 Å². The van der Waals surface area contributed by atoms with Crippen molar-refractivity contribution < 1.29 is 14.7 Å². The lowest BCUT2D eigenvalue weighted by atomic mass is 10.3. The van der Waals surface area contributed by atoms with E-state index in [4.69, 9.17) is 5.11 Å². The summed E-state index contributed by atoms with van der Waals surface area (Å²) in [4.78, 5) is 21.3. The van der Waals surface area contributed by atoms with Crippen LogP contribution in [0.4, 0.5) is 0 Å². The molecule has 0 bridgehead atoms. The number of rotatable bonds is 3. The first-order valence-electron chi connectivity index (χ1n) is 3.33. The number of carbonyl (C=O) groups is 2. The number of nitrogens with one attached hydrogen (secondary N) is 1. The Labute approximate surface area is 86.7 Å². The molecule has 1 aromatic rings. The highest BCUT2D eigenvalue weighted by atomic mass is 79.9. The van der Waals surface area contributed by atoms with Crippen LogP contribution in [0.1, 0.15) is 10.4 Å². The Hall–Kier alpha value is -0.880. The van der Waals surface area contributed by atoms with Crippen molar-refractivity contribution in [3.8, 4) is 0 Å². The van der Waals surface area contributed by atoms with Crippen LogP contribution in [0.25, 0.3) is 0 Å². The van der Waals surface area contributed by atoms with Gasteiger partial charge in [-0.15, -0.1) is 11.3 Å². The summed E-state index contributed by atoms with van der Waals surface area (Å²) in [5.41, 5.74) is 0.470. The molecule has 0 aromatic carbocycles. The average molecular weight is 264 g/mol. The normalized spacial score (nSPS) is 9.62. The predicted molar refractivity (Wildman–Crippen MR) is 52.0 cm³/mol. The van der Waals surface area contributed by atoms with Crippen LogP contribution < -0.4 is 5.32 Å². The zero-order chi connectivity index (χ0) is 9.84. The first kappa shape index (κ1) is 10.2. The Balaban J connectivity index is 2.54. The van der Waals surface area contributed by atoms with Gasteiger partial charge >= 0.3 is 5.97 Å². The molecule has 2 N–H and O–H groups in total. The number of amides is 1. The van der Waals surface area contributed by atoms with E-state index in [2.05, 4.69) is 21.2 Å². The lowest BCUT2D eigenvalue weighted by Gasteiger charge is -1.97. The first-order chi connectivity index (χ1) is 6.09. The quantitative estimate of drug-likeness (QED) is 0.865. The molecule has 1 amide bonds. The minimum atomic E-state index is -1.05. The highest BCUT2D eigenvalue weighted by Gasteiger charge is 2.08. The highest BCUT2D eigenvalue weighted by molar-refractivity contribution is 9.11. The fourth-order valence-corrected chi connectivity index (χ4v) is 1.82. The summed E-state index contributed by atoms with van der Waals surface area (Å²) in [5.74, 6) is -1.42. The molecule has 1 rings (SSSR count). The van der Waals surface area contributed by atoms with E-state index >= 15 is 0 Å². The number of hydrogen-bond acceptors (Lipinski definition) is 3. The lowest BCUT2D eigenvalue weighted by molar-refractivity contribution is -0.135. The third-order valence-electron chi connectivity index (χ3n) is 1.23. The smallest absolute Gasteiger partial charge is 0.322 e. The van der Waals surface area contributed by atoms with Crippen LogP contribution in [-0.2, 0) is 4.79 Å². The maximum absolute atomic E-state index is 11.2. The van der Waals surface area contributed by atoms with Crippen molar-refractivity contribution in [1.82, 2.24) is 5.32 Å². The maximum Gasteiger partial charge on any atom is 0.322 e. The average Bonchev–Trinajstić information content (AvgIpc) is 2.47. The summed E-state index contributed by atoms with van der Waals surface area (Å²) >= 11 is 4.58. The van der Waals surface area contributed by atoms with Gasteiger partial charge in [0.2, 0.25) is 0 Å². The Bertz CT molecular complexity index is 336. The Morgan fingerprint density at radius 2 is 2.31 bits per heavy atom. The minimum absolute atomic E-state index is 0.355. The van der Waals surface area contributed by atoms with Gasteiger partial charge in [-0.05, 0) is 22.0 Å². The third kappa shape index (κ3) is 3.16. The van der Waals surface area contributed by atoms with Gasteiger partial charge in [0.1, 0.15) is 6.54 Å². The molecule has 0 fully saturated rings. The van der Waals surface area contributed by atoms with Gasteiger partial charge < -0.3 is 10.4 Å². The van der Waals surface area contributed by atoms with Gasteiger partial charge in [-0.25, -0.2) is 0 Å². The Kier molecular flexibility index (Phi) is 3.44. The molecule has 0 radical (unpaired) electrons. The van der Waals surface area contributed by atoms with E-state index in [-0.39, 0.29) is 12.5 Å². The molecule has 6 heteroatoms. The van der Waals surface area contributed by atoms with Crippen molar-refractivity contribution >= 4 is 39.1 Å². The first-order valence-corrected chi connectivity index (χ1v) is 5.01. The van der Waals surface area contributed by atoms with Crippen LogP contribution in [0.5, 0.6) is 0 Å². The standard InChI is InChI=1S/C7H6BrNO3S/c8-5-1-4(3-13-5)7(12)9-2-6(10)11/h1,3H,2H2,(H,9,12)(H,10,11). The topological polar surface area (TPSA) is 66.4 Å². The molecule has 1 heterocycles. The molecule has 0 spiro atoms. The van der Waals surface area contributed by atoms with Gasteiger partial charge in [0.25, 0.3) is 5.91 Å². The largest absolute Gasteiger partial charge is 0.480 e. The SMILES string of the molecule is O=C(O)CNC(=O)c1csc(Br)c1. The van der Waals surface area contributed by atoms with Crippen LogP contribution >= 0.6 is 27.3 Å². The minimum Gasteiger partial charge on any atom is -0.480 e. The van der Waals surface area contributed by atoms with E-state index in [0.717, 1.165) is 3.79 Å². The predicted octanol–water partition coefficient (Wildman–Crippen LogP) is 1.32. The van der Waals surface area contributed by atoms with Crippen molar-refractivity contribution in [2.24, 2.45) is 0 Å². The monoisotopic (exact) mass is 263 g/mol. The number of aliphatic carboxylic acids is 1. The molecular weight excluding hydrogens is 258 g/mol. The van der Waals surface area contributed by atoms with Gasteiger partial charge in [0.05, 0.1) is 9.35 Å². The molecule has 0 unspecified atom stereocenters. The van der Waals surface area contributed by atoms with Crippen LogP contribution in [0.2, 0.25) is 0 Å². The molecule has 0 saturated heterocycles. The maximum atomic E-state index is 11.2. The molecule has 13 heavy (non-hydrogen) atoms. The summed E-state index contributed by atoms with van der Waals surface area (Å²) in [6, 6.07) is 1.64. The molecule has 0 aliphatic carbocycles. The van der Waals surface area contributed by atoms with Gasteiger partial charge in [-0.1, -0.05) is 0 Å². The van der Waals surface area contributed by atoms with E-state index in [0.29, 0.717) is 5.56 Å². The van der Waals surface area contributed by atoms with Gasteiger partial charge in [-0.3, -0.25) is 9.59 Å². The molecule has 0 aliphatic heterocycles. The second-order valence-electron chi connectivity index (χ2n) is 2.22. The van der Waals surface area contributed by atoms with Crippen LogP contribution in [-0.4, -0.2) is 23.5 Å². The van der Waals surface area contributed by atoms with Crippen molar-refractivity contribution in [3.63, 3.8) is 0 Å². The van der Waals surface area contributed by atoms with Crippen LogP contribution in [0.3, 0.4) is 0 Å². The molecule has 0 aliphatic rings. The second-order valence-corrected chi connectivity index (χ2v) is 4.51. The molecule has 0 atom stereocenters. The Morgan fingerprint density at radius 3 is 2.77 bits per heavy atom. The molecular formula is C7H6BrNO3S. The van der Waals surface area contributed by atoms with Crippen LogP contribution in [0, 0.1) is 0 Å². The number of halogens is 1. The Morgan fingerprint density at radius 1 is 1.62 bits per heavy atom. The zero-order valence-corrected chi connectivity index (χ0v) is 8.81. The summed E-state index contributed by atoms with van der Waals surface area (Å²) in [5, 5.41) is 12.2. The molecule has 4 nitrogen and oxygen atoms in total. The van der Waals surface area contributed by atoms with Gasteiger partial charge in [0, 0.05) is 5.38 Å². The van der Waals surface area contributed by atoms with Gasteiger partial charge in [-0.2, -0.15) is 0 Å². The highest BCUT2D eigenvalue weighted by Crippen LogP contribution is 2.20. The van der Waals surface area contributed by atoms with E-state index in [1.54, 1.807) is 11.4 Å². The number of carboxylic acids is 1. The molecule has 0 saturated carbocycles. The second kappa shape index (κ2) is 4.38. The fraction of sp³-hybridized carbons (Fsp3) is 0.143. The summed E-state index contributed by atoms with van der Waals surface area (Å²) < 4.78 is 0.841. The fourth-order valence-electron chi connectivity index (χ4n) is 0.687. The van der Waals surface area contributed by atoms with E-state index in [1.807, 2.05) is 0 Å². The zero-order valence-electron chi connectivity index (χ0n) is 6.41. The lowest BCUT2D eigenvalue weighted by Crippen LogP contribution is -2.28. The van der Waals surface area contributed by atoms with Crippen molar-refractivity contribution in [2.45, 2.75) is 0 Å². The van der Waals surface area contributed by atoms with Gasteiger partial charge in [0.15, 0.2) is 0 Å². The number of carboxylic acid groups (broad SMARTS) is 1. The summed E-state index contributed by atoms with van der Waals surface area (Å²) in [7, 11) is 0. The van der Waals surface area contributed by atoms with E-state index in [9.17, 15) is 9.59 Å². The summed E-state index contributed by atoms with van der Waals surface area (Å²) in [6.45, 7) is -0.355. The third-order valence-corrected chi connectivity index (χ3v) is 2.73. The van der Waals surface area contributed by atoms with Crippen molar-refractivity contribution in [2.75, 3.05) is 6.54 Å². The van der Waals surface area contributed by atoms with E-state index in [1.165, 1.54) is 11.3 Å². The summed E-state index contributed by atoms with van der Waals surface area (Å²) in [6.07, 6.45) is 0. The molecule has 70 valence electrons. The number of carbonyl (C=O) groups excluding carboxylic acids is 1. The number of thiophene rings is 1.